The first-order chi connectivity index (χ1) is 13.1. The van der Waals surface area contributed by atoms with Crippen LogP contribution in [0.1, 0.15) is 41.5 Å². The van der Waals surface area contributed by atoms with Gasteiger partial charge >= 0.3 is 6.09 Å². The molecule has 0 fully saturated rings. The van der Waals surface area contributed by atoms with Crippen molar-refractivity contribution < 1.29 is 19.1 Å². The zero-order chi connectivity index (χ0) is 20.6. The number of anilines is 1. The fourth-order valence-electron chi connectivity index (χ4n) is 2.78. The molecular weight excluding hydrogens is 401 g/mol. The van der Waals surface area contributed by atoms with Gasteiger partial charge in [-0.15, -0.1) is 0 Å². The Balaban J connectivity index is 2.20. The van der Waals surface area contributed by atoms with E-state index >= 15 is 0 Å². The second-order valence-electron chi connectivity index (χ2n) is 7.16. The Bertz CT molecular complexity index is 1020. The predicted molar refractivity (Wildman–Crippen MR) is 108 cm³/mol. The number of Topliss-reactive ketones (excluding diaryl/α,β-unsaturated/α-hetero) is 2. The number of fused-ring (bicyclic) bond motifs is 1. The molecule has 28 heavy (non-hydrogen) atoms. The van der Waals surface area contributed by atoms with E-state index in [1.807, 2.05) is 0 Å². The molecule has 0 spiro atoms. The van der Waals surface area contributed by atoms with Crippen LogP contribution in [-0.2, 0) is 4.74 Å². The molecule has 1 amide bonds. The van der Waals surface area contributed by atoms with Crippen LogP contribution in [0.5, 0.6) is 0 Å². The normalized spacial score (nSPS) is 14.0. The van der Waals surface area contributed by atoms with Gasteiger partial charge in [-0.2, -0.15) is 0 Å². The predicted octanol–water partition coefficient (Wildman–Crippen LogP) is 5.61. The minimum Gasteiger partial charge on any atom is -0.443 e. The van der Waals surface area contributed by atoms with Crippen LogP contribution in [0.4, 0.5) is 10.5 Å². The highest BCUT2D eigenvalue weighted by Crippen LogP contribution is 2.35. The van der Waals surface area contributed by atoms with Crippen LogP contribution in [0.3, 0.4) is 0 Å². The molecule has 0 atom stereocenters. The molecule has 0 radical (unpaired) electrons. The standard InChI is InChI=1S/C21H17Cl2NO4/c1-21(2,3)28-20(27)24(13-8-6-7-12(22)11-13)17-16(23)18(25)14-9-4-5-10-15(14)19(17)26/h4-11H,1-3H3. The third-order valence-electron chi connectivity index (χ3n) is 3.90. The summed E-state index contributed by atoms with van der Waals surface area (Å²) in [4.78, 5) is 39.9. The van der Waals surface area contributed by atoms with E-state index in [-0.39, 0.29) is 27.5 Å². The zero-order valence-corrected chi connectivity index (χ0v) is 17.0. The van der Waals surface area contributed by atoms with Crippen LogP contribution in [0.15, 0.2) is 59.3 Å². The summed E-state index contributed by atoms with van der Waals surface area (Å²) in [7, 11) is 0. The molecule has 5 nitrogen and oxygen atoms in total. The van der Waals surface area contributed by atoms with Crippen molar-refractivity contribution in [2.24, 2.45) is 0 Å². The monoisotopic (exact) mass is 417 g/mol. The van der Waals surface area contributed by atoms with E-state index in [4.69, 9.17) is 27.9 Å². The van der Waals surface area contributed by atoms with Gasteiger partial charge in [0.15, 0.2) is 0 Å². The first-order valence-electron chi connectivity index (χ1n) is 8.47. The molecule has 0 saturated carbocycles. The molecule has 1 aliphatic carbocycles. The number of ketones is 2. The minimum atomic E-state index is -0.844. The molecule has 1 aliphatic rings. The molecule has 0 aliphatic heterocycles. The van der Waals surface area contributed by atoms with Crippen LogP contribution in [0.2, 0.25) is 5.02 Å². The quantitative estimate of drug-likeness (QED) is 0.636. The fourth-order valence-corrected chi connectivity index (χ4v) is 3.24. The summed E-state index contributed by atoms with van der Waals surface area (Å²) in [5.41, 5.74) is -0.475. The van der Waals surface area contributed by atoms with Gasteiger partial charge in [0.25, 0.3) is 0 Å². The van der Waals surface area contributed by atoms with Crippen molar-refractivity contribution >= 4 is 46.5 Å². The van der Waals surface area contributed by atoms with Crippen molar-refractivity contribution in [3.8, 4) is 0 Å². The van der Waals surface area contributed by atoms with E-state index in [2.05, 4.69) is 0 Å². The molecule has 3 rings (SSSR count). The third-order valence-corrected chi connectivity index (χ3v) is 4.49. The van der Waals surface area contributed by atoms with Gasteiger partial charge in [-0.1, -0.05) is 53.5 Å². The van der Waals surface area contributed by atoms with E-state index in [9.17, 15) is 14.4 Å². The van der Waals surface area contributed by atoms with Gasteiger partial charge in [0.1, 0.15) is 16.3 Å². The summed E-state index contributed by atoms with van der Waals surface area (Å²) in [6.07, 6.45) is -0.844. The van der Waals surface area contributed by atoms with Crippen molar-refractivity contribution in [2.45, 2.75) is 26.4 Å². The van der Waals surface area contributed by atoms with E-state index < -0.39 is 23.3 Å². The van der Waals surface area contributed by atoms with Crippen LogP contribution in [0, 0.1) is 0 Å². The molecule has 7 heteroatoms. The Kier molecular flexibility index (Phi) is 5.33. The van der Waals surface area contributed by atoms with Crippen LogP contribution in [0.25, 0.3) is 0 Å². The number of rotatable bonds is 2. The highest BCUT2D eigenvalue weighted by molar-refractivity contribution is 6.50. The molecule has 2 aromatic carbocycles. The van der Waals surface area contributed by atoms with Crippen LogP contribution < -0.4 is 4.90 Å². The topological polar surface area (TPSA) is 63.7 Å². The maximum atomic E-state index is 13.2. The second kappa shape index (κ2) is 7.41. The minimum absolute atomic E-state index is 0.169. The Morgan fingerprint density at radius 1 is 0.929 bits per heavy atom. The number of nitrogens with zero attached hydrogens (tertiary/aromatic N) is 1. The number of ether oxygens (including phenoxy) is 1. The molecular formula is C21H17Cl2NO4. The van der Waals surface area contributed by atoms with Gasteiger partial charge in [0.2, 0.25) is 11.6 Å². The lowest BCUT2D eigenvalue weighted by Gasteiger charge is -2.30. The number of hydrogen-bond acceptors (Lipinski definition) is 4. The van der Waals surface area contributed by atoms with E-state index in [1.165, 1.54) is 18.2 Å². The summed E-state index contributed by atoms with van der Waals surface area (Å²) in [6, 6.07) is 12.6. The molecule has 0 saturated heterocycles. The molecule has 0 N–H and O–H groups in total. The van der Waals surface area contributed by atoms with E-state index in [0.717, 1.165) is 4.90 Å². The number of halogens is 2. The number of carbonyl (C=O) groups excluding carboxylic acids is 3. The lowest BCUT2D eigenvalue weighted by atomic mass is 9.91. The Morgan fingerprint density at radius 2 is 1.54 bits per heavy atom. The van der Waals surface area contributed by atoms with Crippen molar-refractivity contribution in [3.63, 3.8) is 0 Å². The van der Waals surface area contributed by atoms with Crippen molar-refractivity contribution in [3.05, 3.63) is 75.4 Å². The summed E-state index contributed by atoms with van der Waals surface area (Å²) in [5, 5.41) is -0.00713. The number of amides is 1. The largest absolute Gasteiger partial charge is 0.443 e. The van der Waals surface area contributed by atoms with Crippen LogP contribution >= 0.6 is 23.2 Å². The Hall–Kier alpha value is -2.63. The van der Waals surface area contributed by atoms with Gasteiger partial charge < -0.3 is 4.74 Å². The molecule has 2 aromatic rings. The summed E-state index contributed by atoms with van der Waals surface area (Å²) >= 11 is 12.4. The van der Waals surface area contributed by atoms with Crippen molar-refractivity contribution in [2.75, 3.05) is 4.90 Å². The summed E-state index contributed by atoms with van der Waals surface area (Å²) in [6.45, 7) is 5.08. The highest BCUT2D eigenvalue weighted by Gasteiger charge is 2.39. The molecule has 0 heterocycles. The van der Waals surface area contributed by atoms with Gasteiger partial charge in [-0.3, -0.25) is 9.59 Å². The summed E-state index contributed by atoms with van der Waals surface area (Å²) in [5.74, 6) is -1.09. The molecule has 0 unspecified atom stereocenters. The Morgan fingerprint density at radius 3 is 2.11 bits per heavy atom. The number of benzene rings is 2. The molecule has 144 valence electrons. The second-order valence-corrected chi connectivity index (χ2v) is 7.98. The van der Waals surface area contributed by atoms with Crippen molar-refractivity contribution in [1.82, 2.24) is 0 Å². The van der Waals surface area contributed by atoms with Gasteiger partial charge in [-0.25, -0.2) is 9.69 Å². The smallest absolute Gasteiger partial charge is 0.419 e. The van der Waals surface area contributed by atoms with Crippen LogP contribution in [-0.4, -0.2) is 23.3 Å². The van der Waals surface area contributed by atoms with Gasteiger partial charge in [0.05, 0.1) is 5.69 Å². The number of allylic oxidation sites excluding steroid dienone is 2. The zero-order valence-electron chi connectivity index (χ0n) is 15.5. The average molecular weight is 418 g/mol. The third kappa shape index (κ3) is 3.81. The van der Waals surface area contributed by atoms with E-state index in [0.29, 0.717) is 5.02 Å². The van der Waals surface area contributed by atoms with Gasteiger partial charge in [0, 0.05) is 16.1 Å². The first kappa shape index (κ1) is 20.1. The first-order valence-corrected chi connectivity index (χ1v) is 9.22. The maximum absolute atomic E-state index is 13.2. The maximum Gasteiger partial charge on any atom is 0.419 e. The van der Waals surface area contributed by atoms with E-state index in [1.54, 1.807) is 51.1 Å². The van der Waals surface area contributed by atoms with Crippen molar-refractivity contribution in [1.29, 1.82) is 0 Å². The fraction of sp³-hybridized carbons (Fsp3) is 0.190. The summed E-state index contributed by atoms with van der Waals surface area (Å²) < 4.78 is 5.45. The number of carbonyl (C=O) groups is 3. The van der Waals surface area contributed by atoms with Gasteiger partial charge in [-0.05, 0) is 39.0 Å². The lowest BCUT2D eigenvalue weighted by molar-refractivity contribution is 0.0586. The molecule has 0 bridgehead atoms. The lowest BCUT2D eigenvalue weighted by Crippen LogP contribution is -2.41. The SMILES string of the molecule is CC(C)(C)OC(=O)N(C1=C(Cl)C(=O)c2ccccc2C1=O)c1cccc(Cl)c1. The number of hydrogen-bond donors (Lipinski definition) is 0. The molecule has 0 aromatic heterocycles. The average Bonchev–Trinajstić information content (AvgIpc) is 2.61. The Labute approximate surface area is 172 Å². The highest BCUT2D eigenvalue weighted by atomic mass is 35.5.